The summed E-state index contributed by atoms with van der Waals surface area (Å²) in [6.45, 7) is 1.69. The summed E-state index contributed by atoms with van der Waals surface area (Å²) in [6.07, 6.45) is 0.906. The summed E-state index contributed by atoms with van der Waals surface area (Å²) < 4.78 is 11.8. The summed E-state index contributed by atoms with van der Waals surface area (Å²) in [5, 5.41) is 4.01. The number of amides is 1. The number of anilines is 2. The zero-order valence-corrected chi connectivity index (χ0v) is 21.1. The summed E-state index contributed by atoms with van der Waals surface area (Å²) in [5.41, 5.74) is 5.79. The van der Waals surface area contributed by atoms with Gasteiger partial charge in [-0.3, -0.25) is 9.78 Å². The van der Waals surface area contributed by atoms with E-state index in [4.69, 9.17) is 14.5 Å². The Kier molecular flexibility index (Phi) is 6.28. The quantitative estimate of drug-likeness (QED) is 0.306. The van der Waals surface area contributed by atoms with Crippen LogP contribution in [0.1, 0.15) is 21.6 Å². The van der Waals surface area contributed by atoms with Gasteiger partial charge in [-0.2, -0.15) is 0 Å². The Morgan fingerprint density at radius 1 is 1.03 bits per heavy atom. The van der Waals surface area contributed by atoms with Crippen molar-refractivity contribution in [2.24, 2.45) is 0 Å². The minimum Gasteiger partial charge on any atom is -0.493 e. The third kappa shape index (κ3) is 4.40. The van der Waals surface area contributed by atoms with Gasteiger partial charge < -0.3 is 19.7 Å². The van der Waals surface area contributed by atoms with E-state index in [1.165, 1.54) is 5.56 Å². The molecule has 0 atom stereocenters. The number of aromatic nitrogens is 1. The number of nitrogens with zero attached hydrogens (tertiary/aromatic N) is 2. The number of pyridine rings is 1. The Labute approximate surface area is 212 Å². The minimum atomic E-state index is -0.101. The van der Waals surface area contributed by atoms with Crippen LogP contribution in [0.4, 0.5) is 11.4 Å². The number of hydrogen-bond donors (Lipinski definition) is 1. The summed E-state index contributed by atoms with van der Waals surface area (Å²) in [6, 6.07) is 21.7. The van der Waals surface area contributed by atoms with E-state index in [0.29, 0.717) is 17.1 Å². The summed E-state index contributed by atoms with van der Waals surface area (Å²) in [5.74, 6) is 1.28. The van der Waals surface area contributed by atoms with Crippen molar-refractivity contribution in [1.82, 2.24) is 4.98 Å². The molecule has 0 aliphatic carbocycles. The van der Waals surface area contributed by atoms with Crippen molar-refractivity contribution in [3.63, 3.8) is 0 Å². The van der Waals surface area contributed by atoms with Gasteiger partial charge in [0.1, 0.15) is 0 Å². The van der Waals surface area contributed by atoms with Gasteiger partial charge in [-0.25, -0.2) is 0 Å². The van der Waals surface area contributed by atoms with E-state index in [0.717, 1.165) is 51.1 Å². The third-order valence-electron chi connectivity index (χ3n) is 6.04. The number of carbonyl (C=O) groups is 1. The van der Waals surface area contributed by atoms with Crippen LogP contribution in [0.5, 0.6) is 11.5 Å². The van der Waals surface area contributed by atoms with Gasteiger partial charge in [0.25, 0.3) is 5.91 Å². The highest BCUT2D eigenvalue weighted by Crippen LogP contribution is 2.36. The van der Waals surface area contributed by atoms with Crippen LogP contribution in [0, 0.1) is 3.57 Å². The standard InChI is InChI=1S/C27H24IN3O3/c1-33-25-14-18-13-24-22(30-23(18)15-26(25)34-2)11-12-31(24)16-17-7-9-19(10-8-17)29-27(32)20-5-3-4-6-21(20)28/h3-10,13-15H,11-12,16H2,1-2H3,(H,29,32). The lowest BCUT2D eigenvalue weighted by Gasteiger charge is -2.20. The monoisotopic (exact) mass is 565 g/mol. The van der Waals surface area contributed by atoms with Gasteiger partial charge in [-0.05, 0) is 64.6 Å². The fourth-order valence-electron chi connectivity index (χ4n) is 4.27. The molecule has 2 heterocycles. The van der Waals surface area contributed by atoms with E-state index in [1.807, 2.05) is 48.5 Å². The minimum absolute atomic E-state index is 0.101. The number of halogens is 1. The Hall–Kier alpha value is -3.33. The smallest absolute Gasteiger partial charge is 0.256 e. The lowest BCUT2D eigenvalue weighted by molar-refractivity contribution is 0.102. The molecule has 0 radical (unpaired) electrons. The second-order valence-corrected chi connectivity index (χ2v) is 9.32. The molecule has 0 bridgehead atoms. The first-order chi connectivity index (χ1) is 16.6. The Balaban J connectivity index is 1.32. The first-order valence-corrected chi connectivity index (χ1v) is 12.1. The topological polar surface area (TPSA) is 63.7 Å². The van der Waals surface area contributed by atoms with Crippen LogP contribution in [-0.4, -0.2) is 31.7 Å². The average molecular weight is 565 g/mol. The second kappa shape index (κ2) is 9.50. The Morgan fingerprint density at radius 2 is 1.76 bits per heavy atom. The van der Waals surface area contributed by atoms with E-state index < -0.39 is 0 Å². The van der Waals surface area contributed by atoms with E-state index in [1.54, 1.807) is 14.2 Å². The van der Waals surface area contributed by atoms with Gasteiger partial charge in [-0.1, -0.05) is 24.3 Å². The predicted molar refractivity (Wildman–Crippen MR) is 143 cm³/mol. The molecule has 0 fully saturated rings. The van der Waals surface area contributed by atoms with Crippen molar-refractivity contribution in [3.8, 4) is 11.5 Å². The molecule has 0 saturated carbocycles. The largest absolute Gasteiger partial charge is 0.493 e. The van der Waals surface area contributed by atoms with E-state index in [-0.39, 0.29) is 5.91 Å². The molecular formula is C27H24IN3O3. The first kappa shape index (κ1) is 22.5. The molecule has 1 N–H and O–H groups in total. The number of ether oxygens (including phenoxy) is 2. The van der Waals surface area contributed by atoms with Crippen molar-refractivity contribution in [3.05, 3.63) is 87.1 Å². The molecule has 0 saturated heterocycles. The highest BCUT2D eigenvalue weighted by molar-refractivity contribution is 14.1. The second-order valence-electron chi connectivity index (χ2n) is 8.16. The molecule has 1 amide bonds. The molecule has 172 valence electrons. The molecule has 6 nitrogen and oxygen atoms in total. The van der Waals surface area contributed by atoms with Crippen LogP contribution >= 0.6 is 22.6 Å². The molecule has 0 unspecified atom stereocenters. The molecule has 4 aromatic rings. The maximum absolute atomic E-state index is 12.6. The van der Waals surface area contributed by atoms with Crippen molar-refractivity contribution in [1.29, 1.82) is 0 Å². The maximum atomic E-state index is 12.6. The number of carbonyl (C=O) groups excluding carboxylic acids is 1. The molecule has 34 heavy (non-hydrogen) atoms. The van der Waals surface area contributed by atoms with Crippen LogP contribution in [-0.2, 0) is 13.0 Å². The number of hydrogen-bond acceptors (Lipinski definition) is 5. The molecule has 1 aliphatic rings. The Bertz CT molecular complexity index is 1370. The third-order valence-corrected chi connectivity index (χ3v) is 6.98. The number of benzene rings is 3. The Morgan fingerprint density at radius 3 is 2.50 bits per heavy atom. The molecule has 0 spiro atoms. The number of rotatable bonds is 6. The van der Waals surface area contributed by atoms with Gasteiger partial charge in [0.2, 0.25) is 0 Å². The van der Waals surface area contributed by atoms with Crippen LogP contribution in [0.15, 0.2) is 66.7 Å². The predicted octanol–water partition coefficient (Wildman–Crippen LogP) is 5.67. The molecule has 1 aliphatic heterocycles. The van der Waals surface area contributed by atoms with Crippen LogP contribution in [0.3, 0.4) is 0 Å². The summed E-state index contributed by atoms with van der Waals surface area (Å²) in [4.78, 5) is 19.8. The van der Waals surface area contributed by atoms with Crippen molar-refractivity contribution >= 4 is 50.8 Å². The maximum Gasteiger partial charge on any atom is 0.256 e. The molecule has 7 heteroatoms. The molecular weight excluding hydrogens is 541 g/mol. The highest BCUT2D eigenvalue weighted by atomic mass is 127. The van der Waals surface area contributed by atoms with E-state index in [9.17, 15) is 4.79 Å². The highest BCUT2D eigenvalue weighted by Gasteiger charge is 2.22. The van der Waals surface area contributed by atoms with Crippen LogP contribution in [0.2, 0.25) is 0 Å². The van der Waals surface area contributed by atoms with Gasteiger partial charge >= 0.3 is 0 Å². The van der Waals surface area contributed by atoms with E-state index in [2.05, 4.69) is 51.0 Å². The number of methoxy groups -OCH3 is 2. The number of nitrogens with one attached hydrogen (secondary N) is 1. The molecule has 5 rings (SSSR count). The van der Waals surface area contributed by atoms with Crippen molar-refractivity contribution in [2.75, 3.05) is 31.0 Å². The van der Waals surface area contributed by atoms with Crippen molar-refractivity contribution < 1.29 is 14.3 Å². The zero-order chi connectivity index (χ0) is 23.7. The molecule has 1 aromatic heterocycles. The fourth-order valence-corrected chi connectivity index (χ4v) is 4.90. The summed E-state index contributed by atoms with van der Waals surface area (Å²) in [7, 11) is 3.28. The van der Waals surface area contributed by atoms with Crippen LogP contribution < -0.4 is 19.7 Å². The number of fused-ring (bicyclic) bond motifs is 2. The summed E-state index contributed by atoms with van der Waals surface area (Å²) >= 11 is 2.18. The zero-order valence-electron chi connectivity index (χ0n) is 19.0. The van der Waals surface area contributed by atoms with E-state index >= 15 is 0 Å². The average Bonchev–Trinajstić information content (AvgIpc) is 3.24. The van der Waals surface area contributed by atoms with Crippen LogP contribution in [0.25, 0.3) is 10.9 Å². The first-order valence-electron chi connectivity index (χ1n) is 11.0. The lowest BCUT2D eigenvalue weighted by atomic mass is 10.1. The van der Waals surface area contributed by atoms with Gasteiger partial charge in [0, 0.05) is 40.2 Å². The SMILES string of the molecule is COc1cc2cc3c(nc2cc1OC)CCN3Cc1ccc(NC(=O)c2ccccc2I)cc1. The molecule has 3 aromatic carbocycles. The van der Waals surface area contributed by atoms with Gasteiger partial charge in [0.05, 0.1) is 36.7 Å². The van der Waals surface area contributed by atoms with Gasteiger partial charge in [-0.15, -0.1) is 0 Å². The normalized spacial score (nSPS) is 12.5. The fraction of sp³-hybridized carbons (Fsp3) is 0.185. The van der Waals surface area contributed by atoms with Crippen molar-refractivity contribution in [2.45, 2.75) is 13.0 Å². The lowest BCUT2D eigenvalue weighted by Crippen LogP contribution is -2.19. The van der Waals surface area contributed by atoms with Gasteiger partial charge in [0.15, 0.2) is 11.5 Å².